The van der Waals surface area contributed by atoms with Crippen molar-refractivity contribution in [2.75, 3.05) is 0 Å². The predicted molar refractivity (Wildman–Crippen MR) is 78.4 cm³/mol. The maximum Gasteiger partial charge on any atom is 0.306 e. The van der Waals surface area contributed by atoms with Gasteiger partial charge in [0.05, 0.1) is 5.92 Å². The van der Waals surface area contributed by atoms with E-state index in [9.17, 15) is 9.59 Å². The zero-order valence-electron chi connectivity index (χ0n) is 11.7. The summed E-state index contributed by atoms with van der Waals surface area (Å²) >= 11 is 5.85. The van der Waals surface area contributed by atoms with Crippen LogP contribution < -0.4 is 10.1 Å². The van der Waals surface area contributed by atoms with Crippen LogP contribution in [0.4, 0.5) is 0 Å². The minimum Gasteiger partial charge on any atom is -0.481 e. The minimum atomic E-state index is -0.796. The fourth-order valence-corrected chi connectivity index (χ4v) is 2.63. The quantitative estimate of drug-likeness (QED) is 0.876. The topological polar surface area (TPSA) is 75.6 Å². The van der Waals surface area contributed by atoms with Crippen molar-refractivity contribution < 1.29 is 19.4 Å². The van der Waals surface area contributed by atoms with Gasteiger partial charge in [0.15, 0.2) is 6.10 Å². The van der Waals surface area contributed by atoms with Crippen LogP contribution in [-0.2, 0) is 9.59 Å². The Bertz CT molecular complexity index is 534. The molecule has 0 spiro atoms. The van der Waals surface area contributed by atoms with Crippen LogP contribution in [0.1, 0.15) is 26.2 Å². The van der Waals surface area contributed by atoms with E-state index in [1.807, 2.05) is 0 Å². The third-order valence-corrected chi connectivity index (χ3v) is 3.84. The summed E-state index contributed by atoms with van der Waals surface area (Å²) in [5, 5.41) is 12.3. The number of carboxylic acid groups (broad SMARTS) is 1. The Hall–Kier alpha value is -1.75. The number of hydrogen-bond donors (Lipinski definition) is 2. The van der Waals surface area contributed by atoms with E-state index < -0.39 is 12.1 Å². The van der Waals surface area contributed by atoms with Crippen LogP contribution >= 0.6 is 11.6 Å². The Morgan fingerprint density at radius 3 is 2.81 bits per heavy atom. The Morgan fingerprint density at radius 1 is 1.43 bits per heavy atom. The predicted octanol–water partition coefficient (Wildman–Crippen LogP) is 2.48. The normalized spacial score (nSPS) is 22.6. The van der Waals surface area contributed by atoms with Gasteiger partial charge in [-0.2, -0.15) is 0 Å². The van der Waals surface area contributed by atoms with Crippen LogP contribution in [0.15, 0.2) is 24.3 Å². The Labute approximate surface area is 128 Å². The smallest absolute Gasteiger partial charge is 0.306 e. The van der Waals surface area contributed by atoms with Crippen molar-refractivity contribution in [3.05, 3.63) is 29.3 Å². The average Bonchev–Trinajstić information content (AvgIpc) is 2.87. The molecule has 114 valence electrons. The average molecular weight is 312 g/mol. The molecule has 1 saturated carbocycles. The molecule has 0 aliphatic heterocycles. The number of halogens is 1. The summed E-state index contributed by atoms with van der Waals surface area (Å²) in [4.78, 5) is 22.9. The first-order chi connectivity index (χ1) is 9.95. The molecule has 0 bridgehead atoms. The number of carbonyl (C=O) groups excluding carboxylic acids is 1. The first-order valence-electron chi connectivity index (χ1n) is 6.91. The van der Waals surface area contributed by atoms with Crippen LogP contribution in [0, 0.1) is 5.92 Å². The highest BCUT2D eigenvalue weighted by molar-refractivity contribution is 6.30. The Kier molecular flexibility index (Phi) is 5.07. The van der Waals surface area contributed by atoms with E-state index in [2.05, 4.69) is 5.32 Å². The Balaban J connectivity index is 1.84. The van der Waals surface area contributed by atoms with E-state index in [0.29, 0.717) is 30.0 Å². The van der Waals surface area contributed by atoms with E-state index in [1.165, 1.54) is 0 Å². The third-order valence-electron chi connectivity index (χ3n) is 3.61. The van der Waals surface area contributed by atoms with Gasteiger partial charge in [0.2, 0.25) is 0 Å². The molecular formula is C15H18ClNO4. The molecule has 0 aromatic heterocycles. The van der Waals surface area contributed by atoms with E-state index in [-0.39, 0.29) is 17.9 Å². The lowest BCUT2D eigenvalue weighted by molar-refractivity contribution is -0.141. The number of benzene rings is 1. The van der Waals surface area contributed by atoms with Gasteiger partial charge >= 0.3 is 5.97 Å². The van der Waals surface area contributed by atoms with Crippen molar-refractivity contribution in [1.29, 1.82) is 0 Å². The molecule has 1 aliphatic rings. The molecule has 2 rings (SSSR count). The van der Waals surface area contributed by atoms with Gasteiger partial charge in [-0.3, -0.25) is 9.59 Å². The number of nitrogens with one attached hydrogen (secondary N) is 1. The minimum absolute atomic E-state index is 0.0935. The fraction of sp³-hybridized carbons (Fsp3) is 0.467. The zero-order chi connectivity index (χ0) is 15.4. The van der Waals surface area contributed by atoms with Crippen LogP contribution in [0.25, 0.3) is 0 Å². The molecular weight excluding hydrogens is 294 g/mol. The van der Waals surface area contributed by atoms with Gasteiger partial charge in [0.25, 0.3) is 5.91 Å². The van der Waals surface area contributed by atoms with Crippen molar-refractivity contribution >= 4 is 23.5 Å². The van der Waals surface area contributed by atoms with E-state index in [0.717, 1.165) is 0 Å². The van der Waals surface area contributed by atoms with Gasteiger partial charge in [-0.05, 0) is 44.4 Å². The van der Waals surface area contributed by atoms with Crippen molar-refractivity contribution in [3.8, 4) is 5.75 Å². The molecule has 2 N–H and O–H groups in total. The lowest BCUT2D eigenvalue weighted by Gasteiger charge is -2.18. The number of aliphatic carboxylic acids is 1. The maximum atomic E-state index is 12.0. The molecule has 0 radical (unpaired) electrons. The maximum absolute atomic E-state index is 12.0. The molecule has 1 unspecified atom stereocenters. The first-order valence-corrected chi connectivity index (χ1v) is 7.29. The van der Waals surface area contributed by atoms with Gasteiger partial charge in [-0.25, -0.2) is 0 Å². The zero-order valence-corrected chi connectivity index (χ0v) is 12.5. The molecule has 1 aromatic rings. The lowest BCUT2D eigenvalue weighted by Crippen LogP contribution is -2.41. The number of hydrogen-bond acceptors (Lipinski definition) is 3. The molecule has 0 saturated heterocycles. The van der Waals surface area contributed by atoms with Crippen molar-refractivity contribution in [2.45, 2.75) is 38.3 Å². The van der Waals surface area contributed by atoms with Crippen molar-refractivity contribution in [3.63, 3.8) is 0 Å². The molecule has 1 fully saturated rings. The number of carbonyl (C=O) groups is 2. The summed E-state index contributed by atoms with van der Waals surface area (Å²) in [6, 6.07) is 6.75. The second kappa shape index (κ2) is 6.80. The van der Waals surface area contributed by atoms with Crippen LogP contribution in [-0.4, -0.2) is 29.1 Å². The van der Waals surface area contributed by atoms with Gasteiger partial charge in [-0.15, -0.1) is 0 Å². The highest BCUT2D eigenvalue weighted by Gasteiger charge is 2.31. The summed E-state index contributed by atoms with van der Waals surface area (Å²) in [7, 11) is 0. The van der Waals surface area contributed by atoms with Crippen molar-refractivity contribution in [2.24, 2.45) is 5.92 Å². The molecule has 1 amide bonds. The van der Waals surface area contributed by atoms with Gasteiger partial charge < -0.3 is 15.2 Å². The molecule has 1 aliphatic carbocycles. The summed E-state index contributed by atoms with van der Waals surface area (Å²) < 4.78 is 5.53. The number of carboxylic acids is 1. The SMILES string of the molecule is CC(Oc1cccc(Cl)c1)C(=O)N[C@@H]1CC[C@H](C(=O)O)C1. The highest BCUT2D eigenvalue weighted by atomic mass is 35.5. The van der Waals surface area contributed by atoms with Crippen LogP contribution in [0.2, 0.25) is 5.02 Å². The molecule has 5 nitrogen and oxygen atoms in total. The van der Waals surface area contributed by atoms with Gasteiger partial charge in [-0.1, -0.05) is 17.7 Å². The van der Waals surface area contributed by atoms with Gasteiger partial charge in [0, 0.05) is 11.1 Å². The summed E-state index contributed by atoms with van der Waals surface area (Å²) in [6.07, 6.45) is 1.11. The van der Waals surface area contributed by atoms with Crippen molar-refractivity contribution in [1.82, 2.24) is 5.32 Å². The summed E-state index contributed by atoms with van der Waals surface area (Å²) in [6.45, 7) is 1.65. The van der Waals surface area contributed by atoms with Crippen LogP contribution in [0.3, 0.4) is 0 Å². The molecule has 3 atom stereocenters. The van der Waals surface area contributed by atoms with E-state index >= 15 is 0 Å². The fourth-order valence-electron chi connectivity index (χ4n) is 2.45. The summed E-state index contributed by atoms with van der Waals surface area (Å²) in [5.74, 6) is -0.875. The molecule has 0 heterocycles. The largest absolute Gasteiger partial charge is 0.481 e. The molecule has 6 heteroatoms. The summed E-state index contributed by atoms with van der Waals surface area (Å²) in [5.41, 5.74) is 0. The molecule has 21 heavy (non-hydrogen) atoms. The number of amides is 1. The van der Waals surface area contributed by atoms with Crippen LogP contribution in [0.5, 0.6) is 5.75 Å². The number of rotatable bonds is 5. The first kappa shape index (κ1) is 15.6. The second-order valence-corrected chi connectivity index (χ2v) is 5.71. The Morgan fingerprint density at radius 2 is 2.19 bits per heavy atom. The second-order valence-electron chi connectivity index (χ2n) is 5.27. The van der Waals surface area contributed by atoms with E-state index in [4.69, 9.17) is 21.4 Å². The molecule has 1 aromatic carbocycles. The monoisotopic (exact) mass is 311 g/mol. The highest BCUT2D eigenvalue weighted by Crippen LogP contribution is 2.26. The van der Waals surface area contributed by atoms with E-state index in [1.54, 1.807) is 31.2 Å². The third kappa shape index (κ3) is 4.36. The lowest BCUT2D eigenvalue weighted by atomic mass is 10.1. The van der Waals surface area contributed by atoms with Gasteiger partial charge in [0.1, 0.15) is 5.75 Å². The standard InChI is InChI=1S/C15H18ClNO4/c1-9(21-13-4-2-3-11(16)8-13)14(18)17-12-6-5-10(7-12)15(19)20/h2-4,8-10,12H,5-7H2,1H3,(H,17,18)(H,19,20)/t9?,10-,12+/m0/s1. The number of ether oxygens (including phenoxy) is 1.